The molecule has 0 saturated carbocycles. The van der Waals surface area contributed by atoms with Gasteiger partial charge in [-0.1, -0.05) is 149 Å². The molecule has 2 aliphatic carbocycles. The third-order valence-corrected chi connectivity index (χ3v) is 14.4. The number of fused-ring (bicyclic) bond motifs is 7. The average Bonchev–Trinajstić information content (AvgIpc) is 3.69. The number of nitrogens with zero attached hydrogens (tertiary/aromatic N) is 2. The smallest absolute Gasteiger partial charge is 0.0467 e. The molecule has 0 atom stereocenters. The van der Waals surface area contributed by atoms with Crippen LogP contribution < -0.4 is 9.80 Å². The normalized spacial score (nSPS) is 13.7. The van der Waals surface area contributed by atoms with Crippen LogP contribution in [0.4, 0.5) is 34.1 Å². The van der Waals surface area contributed by atoms with E-state index in [1.54, 1.807) is 0 Å². The zero-order valence-electron chi connectivity index (χ0n) is 39.4. The molecule has 0 aliphatic heterocycles. The van der Waals surface area contributed by atoms with E-state index in [1.165, 1.54) is 100 Å². The topological polar surface area (TPSA) is 6.48 Å². The predicted octanol–water partition coefficient (Wildman–Crippen LogP) is 17.8. The highest BCUT2D eigenvalue weighted by Crippen LogP contribution is 2.61. The minimum atomic E-state index is -0.261. The van der Waals surface area contributed by atoms with Gasteiger partial charge in [-0.25, -0.2) is 0 Å². The number of aryl methyl sites for hydroxylation is 4. The van der Waals surface area contributed by atoms with Crippen molar-refractivity contribution in [1.29, 1.82) is 0 Å². The van der Waals surface area contributed by atoms with E-state index in [-0.39, 0.29) is 10.8 Å². The maximum atomic E-state index is 2.49. The first-order chi connectivity index (χ1) is 31.9. The first-order valence-electron chi connectivity index (χ1n) is 23.4. The predicted molar refractivity (Wildman–Crippen MR) is 281 cm³/mol. The van der Waals surface area contributed by atoms with E-state index in [9.17, 15) is 0 Å². The van der Waals surface area contributed by atoms with Crippen molar-refractivity contribution in [1.82, 2.24) is 0 Å². The largest absolute Gasteiger partial charge is 0.310 e. The molecule has 0 radical (unpaired) electrons. The van der Waals surface area contributed by atoms with Crippen LogP contribution in [0.2, 0.25) is 0 Å². The Labute approximate surface area is 391 Å². The monoisotopic (exact) mass is 852 g/mol. The highest BCUT2D eigenvalue weighted by molar-refractivity contribution is 5.96. The summed E-state index contributed by atoms with van der Waals surface area (Å²) in [6.07, 6.45) is 0. The summed E-state index contributed by atoms with van der Waals surface area (Å²) in [5.74, 6) is 0. The lowest BCUT2D eigenvalue weighted by atomic mass is 9.72. The van der Waals surface area contributed by atoms with Crippen LogP contribution in [0.25, 0.3) is 44.5 Å². The SMILES string of the molecule is Cc1cccc(N(c2cccc(-c3ccccc3)c2)c2cc(C)c3c(c2)C(C)(C)c2c-3ccc3c2C(C)(C)c2cc(N(c4cccc(C)c4)c4cccc(-c5ccccc5)c4)cc(C)c2-3)c1. The summed E-state index contributed by atoms with van der Waals surface area (Å²) in [6, 6.07) is 71.9. The van der Waals surface area contributed by atoms with Crippen LogP contribution in [0.15, 0.2) is 194 Å². The van der Waals surface area contributed by atoms with Gasteiger partial charge in [-0.05, 0) is 190 Å². The fraction of sp³-hybridized carbons (Fsp3) is 0.156. The second-order valence-corrected chi connectivity index (χ2v) is 19.7. The van der Waals surface area contributed by atoms with Gasteiger partial charge in [0, 0.05) is 45.0 Å². The average molecular weight is 853 g/mol. The van der Waals surface area contributed by atoms with Gasteiger partial charge in [0.05, 0.1) is 0 Å². The van der Waals surface area contributed by atoms with Crippen molar-refractivity contribution >= 4 is 34.1 Å². The first-order valence-corrected chi connectivity index (χ1v) is 23.4. The number of anilines is 6. The van der Waals surface area contributed by atoms with E-state index in [0.29, 0.717) is 0 Å². The van der Waals surface area contributed by atoms with Crippen LogP contribution in [-0.4, -0.2) is 0 Å². The lowest BCUT2D eigenvalue weighted by Gasteiger charge is -2.32. The van der Waals surface area contributed by atoms with Gasteiger partial charge < -0.3 is 9.80 Å². The molecule has 322 valence electrons. The Morgan fingerprint density at radius 2 is 0.652 bits per heavy atom. The van der Waals surface area contributed by atoms with Crippen LogP contribution in [0.5, 0.6) is 0 Å². The van der Waals surface area contributed by atoms with E-state index < -0.39 is 0 Å². The Morgan fingerprint density at radius 3 is 1.03 bits per heavy atom. The van der Waals surface area contributed by atoms with Crippen LogP contribution in [0.1, 0.15) is 72.2 Å². The molecule has 0 N–H and O–H groups in total. The van der Waals surface area contributed by atoms with Gasteiger partial charge >= 0.3 is 0 Å². The van der Waals surface area contributed by atoms with Gasteiger partial charge in [-0.15, -0.1) is 0 Å². The number of rotatable bonds is 8. The molecule has 11 rings (SSSR count). The molecule has 9 aromatic carbocycles. The fourth-order valence-electron chi connectivity index (χ4n) is 11.4. The molecule has 0 spiro atoms. The van der Waals surface area contributed by atoms with E-state index in [0.717, 1.165) is 22.7 Å². The van der Waals surface area contributed by atoms with Gasteiger partial charge in [0.2, 0.25) is 0 Å². The number of benzene rings is 9. The highest BCUT2D eigenvalue weighted by atomic mass is 15.1. The summed E-state index contributed by atoms with van der Waals surface area (Å²) in [5, 5.41) is 0. The van der Waals surface area contributed by atoms with Crippen molar-refractivity contribution in [2.45, 2.75) is 66.2 Å². The third-order valence-electron chi connectivity index (χ3n) is 14.4. The molecule has 0 unspecified atom stereocenters. The molecule has 0 bridgehead atoms. The molecular formula is C64H56N2. The second kappa shape index (κ2) is 15.6. The molecule has 2 aliphatic rings. The molecule has 0 aromatic heterocycles. The summed E-state index contributed by atoms with van der Waals surface area (Å²) in [4.78, 5) is 4.91. The van der Waals surface area contributed by atoms with Crippen LogP contribution >= 0.6 is 0 Å². The second-order valence-electron chi connectivity index (χ2n) is 19.7. The molecule has 0 fully saturated rings. The van der Waals surface area contributed by atoms with Crippen molar-refractivity contribution in [3.05, 3.63) is 239 Å². The molecule has 0 amide bonds. The van der Waals surface area contributed by atoms with Gasteiger partial charge in [-0.2, -0.15) is 0 Å². The third kappa shape index (κ3) is 6.69. The lowest BCUT2D eigenvalue weighted by molar-refractivity contribution is 0.601. The van der Waals surface area contributed by atoms with Gasteiger partial charge in [0.25, 0.3) is 0 Å². The van der Waals surface area contributed by atoms with E-state index in [2.05, 4.69) is 259 Å². The highest BCUT2D eigenvalue weighted by Gasteiger charge is 2.47. The molecule has 9 aromatic rings. The summed E-state index contributed by atoms with van der Waals surface area (Å²) in [5.41, 5.74) is 27.5. The molecular weight excluding hydrogens is 797 g/mol. The van der Waals surface area contributed by atoms with Crippen molar-refractivity contribution in [2.75, 3.05) is 9.80 Å². The Balaban J connectivity index is 1.04. The van der Waals surface area contributed by atoms with Gasteiger partial charge in [-0.3, -0.25) is 0 Å². The number of hydrogen-bond acceptors (Lipinski definition) is 2. The van der Waals surface area contributed by atoms with Gasteiger partial charge in [0.15, 0.2) is 0 Å². The molecule has 2 nitrogen and oxygen atoms in total. The summed E-state index contributed by atoms with van der Waals surface area (Å²) < 4.78 is 0. The van der Waals surface area contributed by atoms with Gasteiger partial charge in [0.1, 0.15) is 0 Å². The van der Waals surface area contributed by atoms with Crippen molar-refractivity contribution < 1.29 is 0 Å². The number of hydrogen-bond donors (Lipinski definition) is 0. The Kier molecular flexibility index (Phi) is 9.78. The molecule has 0 heterocycles. The standard InChI is InChI=1S/C64H56N2/c1-41-19-15-27-49(33-41)65(51-29-17-25-47(37-51)45-21-11-9-12-22-45)53-35-43(3)59-55-31-32-56-60-44(4)36-54(40-58(60)64(7,8)62(56)61(55)63(5,6)57(59)39-53)66(50-28-16-20-42(2)34-50)52-30-18-26-48(38-52)46-23-13-10-14-24-46/h9-40H,1-8H3. The first kappa shape index (κ1) is 41.3. The quantitative estimate of drug-likeness (QED) is 0.150. The van der Waals surface area contributed by atoms with E-state index >= 15 is 0 Å². The van der Waals surface area contributed by atoms with E-state index in [4.69, 9.17) is 0 Å². The summed E-state index contributed by atoms with van der Waals surface area (Å²) in [6.45, 7) is 18.9. The summed E-state index contributed by atoms with van der Waals surface area (Å²) in [7, 11) is 0. The van der Waals surface area contributed by atoms with Crippen molar-refractivity contribution in [3.8, 4) is 44.5 Å². The minimum Gasteiger partial charge on any atom is -0.310 e. The lowest BCUT2D eigenvalue weighted by Crippen LogP contribution is -2.24. The molecule has 66 heavy (non-hydrogen) atoms. The Morgan fingerprint density at radius 1 is 0.303 bits per heavy atom. The fourth-order valence-corrected chi connectivity index (χ4v) is 11.4. The van der Waals surface area contributed by atoms with Crippen LogP contribution in [0, 0.1) is 27.7 Å². The molecule has 0 saturated heterocycles. The summed E-state index contributed by atoms with van der Waals surface area (Å²) >= 11 is 0. The molecule has 2 heteroatoms. The minimum absolute atomic E-state index is 0.261. The van der Waals surface area contributed by atoms with E-state index in [1.807, 2.05) is 0 Å². The van der Waals surface area contributed by atoms with Crippen LogP contribution in [0.3, 0.4) is 0 Å². The van der Waals surface area contributed by atoms with Crippen LogP contribution in [-0.2, 0) is 10.8 Å². The van der Waals surface area contributed by atoms with Crippen molar-refractivity contribution in [3.63, 3.8) is 0 Å². The maximum Gasteiger partial charge on any atom is 0.0467 e. The van der Waals surface area contributed by atoms with Crippen molar-refractivity contribution in [2.24, 2.45) is 0 Å². The maximum absolute atomic E-state index is 2.49. The Bertz CT molecular complexity index is 3130. The zero-order chi connectivity index (χ0) is 45.5. The Hall–Kier alpha value is -7.42. The zero-order valence-corrected chi connectivity index (χ0v) is 39.4.